The van der Waals surface area contributed by atoms with Crippen molar-refractivity contribution in [3.8, 4) is 17.6 Å². The Morgan fingerprint density at radius 2 is 1.77 bits per heavy atom. The van der Waals surface area contributed by atoms with Crippen LogP contribution in [0.15, 0.2) is 48.0 Å². The highest BCUT2D eigenvalue weighted by Gasteiger charge is 2.57. The fraction of sp³-hybridized carbons (Fsp3) is 0.500. The van der Waals surface area contributed by atoms with Crippen molar-refractivity contribution in [1.82, 2.24) is 14.8 Å². The quantitative estimate of drug-likeness (QED) is 0.135. The van der Waals surface area contributed by atoms with Gasteiger partial charge < -0.3 is 24.4 Å². The van der Waals surface area contributed by atoms with Crippen molar-refractivity contribution in [1.29, 1.82) is 5.26 Å². The fourth-order valence-electron chi connectivity index (χ4n) is 7.46. The normalized spacial score (nSPS) is 19.9. The van der Waals surface area contributed by atoms with E-state index in [0.717, 1.165) is 34.7 Å². The topological polar surface area (TPSA) is 133 Å². The van der Waals surface area contributed by atoms with Crippen LogP contribution in [0.4, 0.5) is 30.7 Å². The molecule has 2 fully saturated rings. The molecule has 1 aromatic carbocycles. The van der Waals surface area contributed by atoms with Crippen molar-refractivity contribution in [2.45, 2.75) is 94.1 Å². The van der Waals surface area contributed by atoms with E-state index in [4.69, 9.17) is 14.6 Å². The number of thiophene rings is 1. The Kier molecular flexibility index (Phi) is 12.9. The number of likely N-dealkylation sites (tertiary alicyclic amines) is 2. The number of aromatic nitrogens is 1. The number of alkyl halides is 6. The molecule has 2 atom stereocenters. The van der Waals surface area contributed by atoms with Crippen molar-refractivity contribution in [3.05, 3.63) is 75.5 Å². The molecular weight excluding hydrogens is 773 g/mol. The third-order valence-corrected chi connectivity index (χ3v) is 11.1. The molecule has 2 aliphatic rings. The lowest BCUT2D eigenvalue weighted by atomic mass is 9.72. The SMILES string of the molecule is CCC[C@H]1N(C(=O)c2ncccc2C(F)(F)F)CCC[C@@]1(Oc1csc(C(F)(F)F)c1)C(=O)N1CCC(C#N)(c2cccc(F)c2OCCCCC(=O)O)CC1. The first kappa shape index (κ1) is 42.2. The van der Waals surface area contributed by atoms with Crippen LogP contribution in [0.5, 0.6) is 11.5 Å². The lowest BCUT2D eigenvalue weighted by Gasteiger charge is -2.51. The van der Waals surface area contributed by atoms with E-state index in [2.05, 4.69) is 11.1 Å². The summed E-state index contributed by atoms with van der Waals surface area (Å²) < 4.78 is 110. The first-order chi connectivity index (χ1) is 26.5. The average molecular weight is 813 g/mol. The molecule has 0 radical (unpaired) electrons. The van der Waals surface area contributed by atoms with Gasteiger partial charge in [0, 0.05) is 55.7 Å². The zero-order chi connectivity index (χ0) is 40.9. The summed E-state index contributed by atoms with van der Waals surface area (Å²) in [4.78, 5) is 45.1. The standard InChI is InChI=1S/C38H39F7N4O6S/c1-2-8-28-36(55-24-21-29(56-22-24)38(43,44)45,13-7-17-49(28)33(52)31-25(37(40,41)42)10-6-16-47-31)34(53)48-18-14-35(23-46,15-19-48)26-9-5-11-27(39)32(26)54-20-4-3-12-30(50)51/h5-6,9-11,16,21-22,28H,2-4,7-8,12-15,17-20H2,1H3,(H,50,51)/t28-,36+/m1/s1. The molecule has 2 aliphatic heterocycles. The van der Waals surface area contributed by atoms with E-state index in [1.807, 2.05) is 0 Å². The number of carbonyl (C=O) groups excluding carboxylic acids is 2. The van der Waals surface area contributed by atoms with Gasteiger partial charge in [-0.1, -0.05) is 25.5 Å². The number of nitrogens with zero attached hydrogens (tertiary/aromatic N) is 4. The minimum atomic E-state index is -4.95. The third-order valence-electron chi connectivity index (χ3n) is 10.1. The van der Waals surface area contributed by atoms with Gasteiger partial charge in [0.25, 0.3) is 11.8 Å². The van der Waals surface area contributed by atoms with Gasteiger partial charge in [-0.05, 0) is 56.7 Å². The molecule has 0 bridgehead atoms. The molecule has 10 nitrogen and oxygen atoms in total. The Morgan fingerprint density at radius 1 is 1.04 bits per heavy atom. The van der Waals surface area contributed by atoms with E-state index in [1.165, 1.54) is 17.0 Å². The molecule has 56 heavy (non-hydrogen) atoms. The molecule has 3 aromatic rings. The van der Waals surface area contributed by atoms with Crippen LogP contribution >= 0.6 is 11.3 Å². The van der Waals surface area contributed by atoms with Crippen LogP contribution in [0.1, 0.15) is 91.2 Å². The van der Waals surface area contributed by atoms with Crippen LogP contribution in [0.3, 0.4) is 0 Å². The molecule has 0 unspecified atom stereocenters. The fourth-order valence-corrected chi connectivity index (χ4v) is 8.14. The lowest BCUT2D eigenvalue weighted by molar-refractivity contribution is -0.160. The highest BCUT2D eigenvalue weighted by atomic mass is 32.1. The van der Waals surface area contributed by atoms with Crippen LogP contribution in [-0.2, 0) is 27.4 Å². The molecular formula is C38H39F7N4O6S. The number of carbonyl (C=O) groups is 3. The van der Waals surface area contributed by atoms with E-state index in [0.29, 0.717) is 30.2 Å². The number of aliphatic carboxylic acids is 1. The van der Waals surface area contributed by atoms with Crippen molar-refractivity contribution >= 4 is 29.1 Å². The van der Waals surface area contributed by atoms with Crippen LogP contribution in [-0.4, -0.2) is 75.6 Å². The van der Waals surface area contributed by atoms with E-state index in [9.17, 15) is 46.0 Å². The number of amides is 2. The number of para-hydroxylation sites is 1. The number of ether oxygens (including phenoxy) is 2. The Balaban J connectivity index is 1.49. The van der Waals surface area contributed by atoms with Crippen molar-refractivity contribution in [3.63, 3.8) is 0 Å². The smallest absolute Gasteiger partial charge is 0.425 e. The second kappa shape index (κ2) is 17.1. The van der Waals surface area contributed by atoms with Gasteiger partial charge in [0.15, 0.2) is 11.6 Å². The number of benzene rings is 1. The molecule has 0 saturated carbocycles. The number of piperidine rings is 2. The Labute approximate surface area is 321 Å². The van der Waals surface area contributed by atoms with Crippen LogP contribution < -0.4 is 9.47 Å². The van der Waals surface area contributed by atoms with Gasteiger partial charge in [0.2, 0.25) is 5.60 Å². The maximum Gasteiger partial charge on any atom is 0.425 e. The highest BCUT2D eigenvalue weighted by molar-refractivity contribution is 7.10. The van der Waals surface area contributed by atoms with E-state index in [1.54, 1.807) is 6.92 Å². The van der Waals surface area contributed by atoms with Gasteiger partial charge in [-0.3, -0.25) is 19.4 Å². The summed E-state index contributed by atoms with van der Waals surface area (Å²) in [7, 11) is 0. The van der Waals surface area contributed by atoms with E-state index < -0.39 is 69.1 Å². The molecule has 0 aliphatic carbocycles. The molecule has 0 spiro atoms. The Hall–Kier alpha value is -4.92. The maximum absolute atomic E-state index is 15.2. The number of hydrogen-bond acceptors (Lipinski definition) is 8. The molecule has 302 valence electrons. The predicted molar refractivity (Wildman–Crippen MR) is 187 cm³/mol. The second-order valence-corrected chi connectivity index (χ2v) is 14.7. The molecule has 18 heteroatoms. The van der Waals surface area contributed by atoms with Gasteiger partial charge >= 0.3 is 18.3 Å². The first-order valence-corrected chi connectivity index (χ1v) is 18.9. The Morgan fingerprint density at radius 3 is 2.39 bits per heavy atom. The summed E-state index contributed by atoms with van der Waals surface area (Å²) in [6, 6.07) is 7.58. The maximum atomic E-state index is 15.2. The number of unbranched alkanes of at least 4 members (excludes halogenated alkanes) is 1. The summed E-state index contributed by atoms with van der Waals surface area (Å²) in [5, 5.41) is 20.5. The molecule has 2 amide bonds. The summed E-state index contributed by atoms with van der Waals surface area (Å²) in [6.07, 6.45) is -8.00. The van der Waals surface area contributed by atoms with E-state index in [-0.39, 0.29) is 88.2 Å². The largest absolute Gasteiger partial charge is 0.490 e. The zero-order valence-electron chi connectivity index (χ0n) is 30.2. The van der Waals surface area contributed by atoms with E-state index >= 15 is 4.39 Å². The number of pyridine rings is 1. The van der Waals surface area contributed by atoms with Gasteiger partial charge in [0.05, 0.1) is 29.7 Å². The summed E-state index contributed by atoms with van der Waals surface area (Å²) in [6.45, 7) is 1.36. The second-order valence-electron chi connectivity index (χ2n) is 13.7. The van der Waals surface area contributed by atoms with Crippen LogP contribution in [0.25, 0.3) is 0 Å². The van der Waals surface area contributed by atoms with Crippen LogP contribution in [0, 0.1) is 17.1 Å². The molecule has 2 saturated heterocycles. The van der Waals surface area contributed by atoms with Gasteiger partial charge in [-0.15, -0.1) is 11.3 Å². The molecule has 1 N–H and O–H groups in total. The van der Waals surface area contributed by atoms with Crippen LogP contribution in [0.2, 0.25) is 0 Å². The first-order valence-electron chi connectivity index (χ1n) is 18.0. The summed E-state index contributed by atoms with van der Waals surface area (Å²) in [5.74, 6) is -4.08. The Bertz CT molecular complexity index is 1940. The van der Waals surface area contributed by atoms with Gasteiger partial charge in [-0.25, -0.2) is 4.39 Å². The van der Waals surface area contributed by atoms with Gasteiger partial charge in [-0.2, -0.15) is 31.6 Å². The predicted octanol–water partition coefficient (Wildman–Crippen LogP) is 8.26. The lowest BCUT2D eigenvalue weighted by Crippen LogP contribution is -2.68. The number of carboxylic acids is 1. The minimum absolute atomic E-state index is 0.0222. The summed E-state index contributed by atoms with van der Waals surface area (Å²) >= 11 is 0.331. The molecule has 4 heterocycles. The van der Waals surface area contributed by atoms with Crippen molar-refractivity contribution in [2.75, 3.05) is 26.2 Å². The molecule has 5 rings (SSSR count). The summed E-state index contributed by atoms with van der Waals surface area (Å²) in [5.41, 5.74) is -5.38. The van der Waals surface area contributed by atoms with Gasteiger partial charge in [0.1, 0.15) is 16.3 Å². The zero-order valence-corrected chi connectivity index (χ0v) is 31.0. The number of nitriles is 1. The average Bonchev–Trinajstić information content (AvgIpc) is 3.64. The monoisotopic (exact) mass is 812 g/mol. The molecule has 2 aromatic heterocycles. The number of hydrogen-bond donors (Lipinski definition) is 1. The third kappa shape index (κ3) is 8.87. The van der Waals surface area contributed by atoms with Crippen molar-refractivity contribution < 1.29 is 59.7 Å². The van der Waals surface area contributed by atoms with Crippen molar-refractivity contribution in [2.24, 2.45) is 0 Å². The highest BCUT2D eigenvalue weighted by Crippen LogP contribution is 2.45. The minimum Gasteiger partial charge on any atom is -0.490 e. The number of carboxylic acid groups (broad SMARTS) is 1. The number of rotatable bonds is 13. The number of halogens is 7.